The molecule has 0 spiro atoms. The van der Waals surface area contributed by atoms with E-state index in [2.05, 4.69) is 235 Å². The van der Waals surface area contributed by atoms with Crippen LogP contribution in [0.15, 0.2) is 237 Å². The van der Waals surface area contributed by atoms with E-state index in [4.69, 9.17) is 9.47 Å². The largest absolute Gasteiger partial charge is 0.485 e. The highest BCUT2D eigenvalue weighted by Gasteiger charge is 2.46. The maximum absolute atomic E-state index is 6.38. The van der Waals surface area contributed by atoms with Crippen molar-refractivity contribution in [1.29, 1.82) is 0 Å². The maximum Gasteiger partial charge on any atom is 0.180 e. The molecule has 0 radical (unpaired) electrons. The second kappa shape index (κ2) is 16.3. The van der Waals surface area contributed by atoms with Gasteiger partial charge in [-0.25, -0.2) is 0 Å². The van der Waals surface area contributed by atoms with Crippen molar-refractivity contribution in [2.24, 2.45) is 0 Å². The smallest absolute Gasteiger partial charge is 0.180 e. The Balaban J connectivity index is 1.08. The minimum Gasteiger partial charge on any atom is -0.485 e. The van der Waals surface area contributed by atoms with E-state index in [1.807, 2.05) is 6.07 Å². The van der Waals surface area contributed by atoms with E-state index in [1.165, 1.54) is 44.5 Å². The van der Waals surface area contributed by atoms with Crippen LogP contribution < -0.4 is 14.4 Å². The zero-order valence-corrected chi connectivity index (χ0v) is 36.4. The van der Waals surface area contributed by atoms with E-state index in [0.717, 1.165) is 60.6 Å². The fraction of sp³-hybridized carbons (Fsp3) is 0.0492. The highest BCUT2D eigenvalue weighted by atomic mass is 32.1. The Morgan fingerprint density at radius 3 is 1.45 bits per heavy atom. The molecule has 0 fully saturated rings. The number of nitrogens with zero attached hydrogens (tertiary/aromatic N) is 1. The first-order chi connectivity index (χ1) is 32.3. The molecule has 3 nitrogen and oxygen atoms in total. The van der Waals surface area contributed by atoms with Crippen molar-refractivity contribution in [3.63, 3.8) is 0 Å². The highest BCUT2D eigenvalue weighted by Crippen LogP contribution is 2.58. The molecule has 0 amide bonds. The summed E-state index contributed by atoms with van der Waals surface area (Å²) in [5.41, 5.74) is 17.0. The summed E-state index contributed by atoms with van der Waals surface area (Å²) in [6.45, 7) is 1.05. The normalized spacial score (nSPS) is 13.2. The van der Waals surface area contributed by atoms with Gasteiger partial charge in [-0.1, -0.05) is 200 Å². The first-order valence-corrected chi connectivity index (χ1v) is 23.1. The summed E-state index contributed by atoms with van der Waals surface area (Å²) in [7, 11) is 0. The lowest BCUT2D eigenvalue weighted by Crippen LogP contribution is -2.28. The molecule has 12 rings (SSSR count). The fourth-order valence-corrected chi connectivity index (χ4v) is 11.3. The number of benzene rings is 9. The quantitative estimate of drug-likeness (QED) is 0.144. The molecule has 1 aromatic heterocycles. The molecule has 0 saturated carbocycles. The molecule has 1 aliphatic carbocycles. The van der Waals surface area contributed by atoms with Crippen molar-refractivity contribution in [1.82, 2.24) is 0 Å². The van der Waals surface area contributed by atoms with E-state index in [1.54, 1.807) is 11.3 Å². The average Bonchev–Trinajstić information content (AvgIpc) is 3.92. The molecule has 9 aromatic carbocycles. The van der Waals surface area contributed by atoms with Crippen molar-refractivity contribution < 1.29 is 9.47 Å². The summed E-state index contributed by atoms with van der Waals surface area (Å²) < 4.78 is 12.7. The third-order valence-electron chi connectivity index (χ3n) is 13.0. The fourth-order valence-electron chi connectivity index (χ4n) is 10.1. The molecule has 0 N–H and O–H groups in total. The Kier molecular flexibility index (Phi) is 9.73. The van der Waals surface area contributed by atoms with Gasteiger partial charge in [0.15, 0.2) is 11.5 Å². The van der Waals surface area contributed by atoms with E-state index < -0.39 is 5.41 Å². The van der Waals surface area contributed by atoms with Gasteiger partial charge in [0.25, 0.3) is 0 Å². The standard InChI is InChI=1S/C61H43NO2S/c1-6-18-42(19-7-1)46-32-37-56(53(40-46)43-20-8-2-9-21-43)62(49-33-30-45(31-34-49)60-58-57(63-38-39-64-58)59(65-60)44-22-10-3-11-23-44)50-35-36-52-51-28-16-17-29-54(51)61(55(52)41-50,47-24-12-4-13-25-47)48-26-14-5-15-27-48/h1-37,40-41H,38-39H2. The summed E-state index contributed by atoms with van der Waals surface area (Å²) in [5.74, 6) is 1.66. The van der Waals surface area contributed by atoms with Gasteiger partial charge in [-0.2, -0.15) is 0 Å². The highest BCUT2D eigenvalue weighted by molar-refractivity contribution is 7.19. The van der Waals surface area contributed by atoms with Crippen LogP contribution in [0.25, 0.3) is 54.3 Å². The van der Waals surface area contributed by atoms with Gasteiger partial charge in [0.05, 0.1) is 20.9 Å². The molecule has 1 aliphatic heterocycles. The molecule has 4 heteroatoms. The third-order valence-corrected chi connectivity index (χ3v) is 14.2. The molecule has 10 aromatic rings. The summed E-state index contributed by atoms with van der Waals surface area (Å²) in [5, 5.41) is 0. The lowest BCUT2D eigenvalue weighted by molar-refractivity contribution is 0.175. The molecule has 2 heterocycles. The number of ether oxygens (including phenoxy) is 2. The Morgan fingerprint density at radius 2 is 0.831 bits per heavy atom. The number of hydrogen-bond donors (Lipinski definition) is 0. The first kappa shape index (κ1) is 38.7. The summed E-state index contributed by atoms with van der Waals surface area (Å²) in [4.78, 5) is 4.61. The van der Waals surface area contributed by atoms with Gasteiger partial charge in [0, 0.05) is 16.9 Å². The van der Waals surface area contributed by atoms with Crippen molar-refractivity contribution >= 4 is 28.4 Å². The van der Waals surface area contributed by atoms with E-state index in [0.29, 0.717) is 13.2 Å². The van der Waals surface area contributed by atoms with Crippen LogP contribution in [0, 0.1) is 0 Å². The van der Waals surface area contributed by atoms with Gasteiger partial charge >= 0.3 is 0 Å². The van der Waals surface area contributed by atoms with Crippen LogP contribution in [0.2, 0.25) is 0 Å². The SMILES string of the molecule is c1ccc(-c2ccc(N(c3ccc(-c4sc(-c5ccccc5)c5c4OCCO5)cc3)c3ccc4c(c3)C(c3ccccc3)(c3ccccc3)c3ccccc3-4)c(-c3ccccc3)c2)cc1. The number of rotatable bonds is 9. The van der Waals surface area contributed by atoms with Crippen molar-refractivity contribution in [3.8, 4) is 65.8 Å². The Labute approximate surface area is 384 Å². The predicted molar refractivity (Wildman–Crippen MR) is 269 cm³/mol. The van der Waals surface area contributed by atoms with Gasteiger partial charge in [0.2, 0.25) is 0 Å². The second-order valence-corrected chi connectivity index (χ2v) is 17.6. The zero-order chi connectivity index (χ0) is 43.2. The molecule has 0 bridgehead atoms. The summed E-state index contributed by atoms with van der Waals surface area (Å²) in [6.07, 6.45) is 0. The first-order valence-electron chi connectivity index (χ1n) is 22.2. The van der Waals surface area contributed by atoms with Gasteiger partial charge in [-0.05, 0) is 97.6 Å². The van der Waals surface area contributed by atoms with Gasteiger partial charge < -0.3 is 14.4 Å². The monoisotopic (exact) mass is 853 g/mol. The molecule has 2 aliphatic rings. The van der Waals surface area contributed by atoms with Gasteiger partial charge in [0.1, 0.15) is 13.2 Å². The molecule has 65 heavy (non-hydrogen) atoms. The Bertz CT molecular complexity index is 3250. The van der Waals surface area contributed by atoms with Gasteiger partial charge in [-0.3, -0.25) is 0 Å². The minimum absolute atomic E-state index is 0.522. The van der Waals surface area contributed by atoms with Crippen LogP contribution in [0.5, 0.6) is 11.5 Å². The molecule has 0 atom stereocenters. The van der Waals surface area contributed by atoms with E-state index >= 15 is 0 Å². The zero-order valence-electron chi connectivity index (χ0n) is 35.6. The summed E-state index contributed by atoms with van der Waals surface area (Å²) in [6, 6.07) is 86.0. The topological polar surface area (TPSA) is 21.7 Å². The molecular weight excluding hydrogens is 811 g/mol. The summed E-state index contributed by atoms with van der Waals surface area (Å²) >= 11 is 1.73. The third kappa shape index (κ3) is 6.56. The van der Waals surface area contributed by atoms with Crippen LogP contribution in [0.1, 0.15) is 22.3 Å². The van der Waals surface area contributed by atoms with Crippen molar-refractivity contribution in [3.05, 3.63) is 259 Å². The number of thiophene rings is 1. The average molecular weight is 854 g/mol. The molecule has 310 valence electrons. The predicted octanol–water partition coefficient (Wildman–Crippen LogP) is 16.0. The maximum atomic E-state index is 6.38. The van der Waals surface area contributed by atoms with Crippen LogP contribution >= 0.6 is 11.3 Å². The number of fused-ring (bicyclic) bond motifs is 4. The second-order valence-electron chi connectivity index (χ2n) is 16.6. The van der Waals surface area contributed by atoms with Crippen LogP contribution in [0.3, 0.4) is 0 Å². The molecule has 0 unspecified atom stereocenters. The lowest BCUT2D eigenvalue weighted by Gasteiger charge is -2.35. The van der Waals surface area contributed by atoms with Crippen molar-refractivity contribution in [2.45, 2.75) is 5.41 Å². The van der Waals surface area contributed by atoms with Crippen LogP contribution in [0.4, 0.5) is 17.1 Å². The molecule has 0 saturated heterocycles. The Morgan fingerprint density at radius 1 is 0.354 bits per heavy atom. The lowest BCUT2D eigenvalue weighted by atomic mass is 9.67. The van der Waals surface area contributed by atoms with Crippen molar-refractivity contribution in [2.75, 3.05) is 18.1 Å². The van der Waals surface area contributed by atoms with E-state index in [-0.39, 0.29) is 0 Å². The molecular formula is C61H43NO2S. The Hall–Kier alpha value is -7.92. The van der Waals surface area contributed by atoms with Gasteiger partial charge in [-0.15, -0.1) is 11.3 Å². The van der Waals surface area contributed by atoms with Crippen LogP contribution in [-0.4, -0.2) is 13.2 Å². The minimum atomic E-state index is -0.545. The number of hydrogen-bond acceptors (Lipinski definition) is 4. The van der Waals surface area contributed by atoms with E-state index in [9.17, 15) is 0 Å². The van der Waals surface area contributed by atoms with Crippen LogP contribution in [-0.2, 0) is 5.41 Å². The number of anilines is 3.